The minimum Gasteiger partial charge on any atom is -0.0447 e. The van der Waals surface area contributed by atoms with Crippen LogP contribution in [0.3, 0.4) is 0 Å². The van der Waals surface area contributed by atoms with Crippen LogP contribution in [-0.2, 0) is 21.7 Å². The molecule has 2 aliphatic carbocycles. The fourth-order valence-corrected chi connectivity index (χ4v) is 0.642. The van der Waals surface area contributed by atoms with Gasteiger partial charge in [-0.3, -0.25) is 0 Å². The summed E-state index contributed by atoms with van der Waals surface area (Å²) in [6.07, 6.45) is 25.4. The van der Waals surface area contributed by atoms with Crippen molar-refractivity contribution in [3.8, 4) is 0 Å². The monoisotopic (exact) mass is 232 g/mol. The van der Waals surface area contributed by atoms with E-state index in [1.807, 2.05) is 78.1 Å². The molecule has 2 rings (SSSR count). The van der Waals surface area contributed by atoms with Crippen LogP contribution in [0.5, 0.6) is 0 Å². The fourth-order valence-electron chi connectivity index (χ4n) is 0.642. The molecule has 0 saturated heterocycles. The second kappa shape index (κ2) is 16.9. The van der Waals surface area contributed by atoms with Crippen molar-refractivity contribution in [3.63, 3.8) is 0 Å². The Labute approximate surface area is 112 Å². The first-order valence-corrected chi connectivity index (χ1v) is 4.58. The summed E-state index contributed by atoms with van der Waals surface area (Å²) >= 11 is 0. The van der Waals surface area contributed by atoms with E-state index in [2.05, 4.69) is 12.2 Å². The van der Waals surface area contributed by atoms with E-state index in [0.717, 1.165) is 0 Å². The average molecular weight is 232 g/mol. The molecule has 0 bridgehead atoms. The summed E-state index contributed by atoms with van der Waals surface area (Å²) in [6, 6.07) is 0. The van der Waals surface area contributed by atoms with E-state index in [9.17, 15) is 0 Å². The van der Waals surface area contributed by atoms with Crippen LogP contribution >= 0.6 is 0 Å². The summed E-state index contributed by atoms with van der Waals surface area (Å²) < 4.78 is 0. The molecule has 0 aromatic rings. The summed E-state index contributed by atoms with van der Waals surface area (Å²) in [6.45, 7) is 3.64. The first-order valence-electron chi connectivity index (χ1n) is 4.58. The number of allylic oxidation sites excluding steroid dienone is 2. The third-order valence-corrected chi connectivity index (χ3v) is 1.36. The molecule has 0 nitrogen and oxygen atoms in total. The van der Waals surface area contributed by atoms with Gasteiger partial charge in [-0.1, -0.05) is 0 Å². The van der Waals surface area contributed by atoms with Gasteiger partial charge in [-0.25, -0.2) is 0 Å². The molecule has 0 aromatic heterocycles. The zero-order chi connectivity index (χ0) is 10.5. The Bertz CT molecular complexity index is 81.3. The molecule has 0 heterocycles. The fraction of sp³-hybridized carbons (Fsp3) is 0.143. The molecule has 0 aliphatic heterocycles. The number of rotatable bonds is 0. The van der Waals surface area contributed by atoms with Crippen molar-refractivity contribution in [1.29, 1.82) is 0 Å². The predicted molar refractivity (Wildman–Crippen MR) is 60.8 cm³/mol. The second-order valence-electron chi connectivity index (χ2n) is 2.42. The van der Waals surface area contributed by atoms with Crippen LogP contribution in [-0.4, -0.2) is 0 Å². The van der Waals surface area contributed by atoms with Crippen LogP contribution in [0.2, 0.25) is 0 Å². The van der Waals surface area contributed by atoms with Crippen LogP contribution < -0.4 is 0 Å². The van der Waals surface area contributed by atoms with Crippen molar-refractivity contribution in [2.75, 3.05) is 0 Å². The van der Waals surface area contributed by atoms with E-state index < -0.39 is 0 Å². The Kier molecular flexibility index (Phi) is 20.1. The maximum atomic E-state index is 2.68. The van der Waals surface area contributed by atoms with Crippen molar-refractivity contribution in [3.05, 3.63) is 76.4 Å². The van der Waals surface area contributed by atoms with Crippen LogP contribution in [0.15, 0.2) is 0 Å². The zero-order valence-electron chi connectivity index (χ0n) is 9.27. The average Bonchev–Trinajstić information content (AvgIpc) is 2.94. The van der Waals surface area contributed by atoms with Gasteiger partial charge in [0.15, 0.2) is 0 Å². The molecule has 1 heteroatoms. The molecular weight excluding hydrogens is 216 g/mol. The minimum atomic E-state index is 0. The van der Waals surface area contributed by atoms with E-state index in [1.165, 1.54) is 0 Å². The van der Waals surface area contributed by atoms with Crippen LogP contribution in [0.4, 0.5) is 0 Å². The Balaban J connectivity index is 0. The first kappa shape index (κ1) is 17.8. The van der Waals surface area contributed by atoms with Crippen LogP contribution in [0.25, 0.3) is 0 Å². The van der Waals surface area contributed by atoms with Gasteiger partial charge in [0, 0.05) is 21.7 Å². The van der Waals surface area contributed by atoms with Crippen LogP contribution in [0, 0.1) is 76.4 Å². The quantitative estimate of drug-likeness (QED) is 0.562. The van der Waals surface area contributed by atoms with Gasteiger partial charge in [-0.05, 0) is 90.2 Å². The van der Waals surface area contributed by atoms with Crippen LogP contribution in [0.1, 0.15) is 13.8 Å². The summed E-state index contributed by atoms with van der Waals surface area (Å²) in [5.74, 6) is 0. The summed E-state index contributed by atoms with van der Waals surface area (Å²) in [5, 5.41) is 0. The van der Waals surface area contributed by atoms with Gasteiger partial charge in [0.2, 0.25) is 0 Å². The van der Waals surface area contributed by atoms with Gasteiger partial charge < -0.3 is 0 Å². The molecule has 2 saturated carbocycles. The normalized spacial score (nSPS) is 18.5. The summed E-state index contributed by atoms with van der Waals surface area (Å²) in [5.41, 5.74) is 0. The van der Waals surface area contributed by atoms with Gasteiger partial charge in [0.25, 0.3) is 0 Å². The summed E-state index contributed by atoms with van der Waals surface area (Å²) in [4.78, 5) is 0. The maximum absolute atomic E-state index is 2.68. The van der Waals surface area contributed by atoms with Crippen molar-refractivity contribution >= 4 is 0 Å². The minimum absolute atomic E-state index is 0. The molecule has 2 aliphatic rings. The Morgan fingerprint density at radius 2 is 0.600 bits per heavy atom. The molecule has 0 unspecified atom stereocenters. The Morgan fingerprint density at radius 1 is 0.467 bits per heavy atom. The predicted octanol–water partition coefficient (Wildman–Crippen LogP) is 3.23. The van der Waals surface area contributed by atoms with E-state index in [-0.39, 0.29) is 21.7 Å². The van der Waals surface area contributed by atoms with Crippen molar-refractivity contribution in [1.82, 2.24) is 0 Å². The van der Waals surface area contributed by atoms with Gasteiger partial charge in [-0.15, -0.1) is 0 Å². The first-order chi connectivity index (χ1) is 6.91. The van der Waals surface area contributed by atoms with Crippen molar-refractivity contribution in [2.45, 2.75) is 13.8 Å². The van der Waals surface area contributed by atoms with Gasteiger partial charge in [0.05, 0.1) is 0 Å². The van der Waals surface area contributed by atoms with E-state index in [4.69, 9.17) is 0 Å². The van der Waals surface area contributed by atoms with E-state index >= 15 is 0 Å². The Morgan fingerprint density at radius 3 is 0.667 bits per heavy atom. The zero-order valence-corrected chi connectivity index (χ0v) is 10.8. The van der Waals surface area contributed by atoms with E-state index in [1.54, 1.807) is 0 Å². The number of hydrogen-bond acceptors (Lipinski definition) is 0. The Hall–Kier alpha value is 0.454. The standard InChI is InChI=1S/2C5H5.C4H6.Ti/c2*1-2-4-5-3-1;1-3-4-2;/h2*1-5H;1-2H3;. The molecule has 76 valence electrons. The molecule has 2 fully saturated rings. The maximum Gasteiger partial charge on any atom is 0 e. The molecule has 0 amide bonds. The van der Waals surface area contributed by atoms with Crippen molar-refractivity contribution in [2.24, 2.45) is 0 Å². The largest absolute Gasteiger partial charge is 0.0447 e. The molecule has 12 radical (unpaired) electrons. The third kappa shape index (κ3) is 17.1. The molecule has 0 spiro atoms. The SMILES string of the molecule is C[C]=[C]C.[CH]1[CH][CH][CH][CH]1.[CH]1[CH][CH][CH][CH]1.[Ti]. The molecule has 0 atom stereocenters. The van der Waals surface area contributed by atoms with Crippen molar-refractivity contribution < 1.29 is 21.7 Å². The topological polar surface area (TPSA) is 0 Å². The van der Waals surface area contributed by atoms with Gasteiger partial charge in [0.1, 0.15) is 0 Å². The molecule has 0 N–H and O–H groups in total. The molecule has 0 aromatic carbocycles. The smallest absolute Gasteiger partial charge is 0 e. The third-order valence-electron chi connectivity index (χ3n) is 1.36. The number of hydrogen-bond donors (Lipinski definition) is 0. The second-order valence-corrected chi connectivity index (χ2v) is 2.42. The molecule has 15 heavy (non-hydrogen) atoms. The summed E-state index contributed by atoms with van der Waals surface area (Å²) in [7, 11) is 0. The molecular formula is C14H16Ti. The van der Waals surface area contributed by atoms with Gasteiger partial charge >= 0.3 is 0 Å². The van der Waals surface area contributed by atoms with E-state index in [0.29, 0.717) is 0 Å². The van der Waals surface area contributed by atoms with Gasteiger partial charge in [-0.2, -0.15) is 0 Å².